The number of allylic oxidation sites excluding steroid dienone is 3. The fourth-order valence-electron chi connectivity index (χ4n) is 3.31. The van der Waals surface area contributed by atoms with Gasteiger partial charge in [0.2, 0.25) is 0 Å². The number of carbonyl (C=O) groups excluding carboxylic acids is 1. The molecule has 128 valence electrons. The third kappa shape index (κ3) is 3.52. The second kappa shape index (κ2) is 6.85. The highest BCUT2D eigenvalue weighted by Crippen LogP contribution is 2.44. The zero-order valence-electron chi connectivity index (χ0n) is 15.3. The summed E-state index contributed by atoms with van der Waals surface area (Å²) in [6, 6.07) is 20.8. The van der Waals surface area contributed by atoms with Crippen molar-refractivity contribution < 1.29 is 9.53 Å². The minimum Gasteiger partial charge on any atom is -0.496 e. The smallest absolute Gasteiger partial charge is 0.193 e. The van der Waals surface area contributed by atoms with Crippen molar-refractivity contribution in [3.8, 4) is 0 Å². The van der Waals surface area contributed by atoms with Crippen molar-refractivity contribution in [2.45, 2.75) is 25.7 Å². The average molecular weight is 349 g/mol. The Labute approximate surface area is 150 Å². The SMILES string of the molecule is COC1=C(C[Si](C)(C)C)C(=O)C(c2ccccc2)=C1c1ccccc1. The number of methoxy groups -OCH3 is 1. The molecule has 0 radical (unpaired) electrons. The Kier molecular flexibility index (Phi) is 4.77. The molecular formula is C22H24O2Si. The number of hydrogen-bond donors (Lipinski definition) is 0. The van der Waals surface area contributed by atoms with Gasteiger partial charge in [0.05, 0.1) is 7.11 Å². The highest BCUT2D eigenvalue weighted by atomic mass is 28.3. The van der Waals surface area contributed by atoms with Crippen LogP contribution in [-0.4, -0.2) is 21.0 Å². The van der Waals surface area contributed by atoms with E-state index >= 15 is 0 Å². The first kappa shape index (κ1) is 17.4. The molecule has 0 saturated heterocycles. The number of ether oxygens (including phenoxy) is 1. The Bertz CT molecular complexity index is 841. The van der Waals surface area contributed by atoms with Gasteiger partial charge < -0.3 is 4.74 Å². The largest absolute Gasteiger partial charge is 0.496 e. The molecule has 0 heterocycles. The monoisotopic (exact) mass is 348 g/mol. The van der Waals surface area contributed by atoms with E-state index in [9.17, 15) is 4.79 Å². The topological polar surface area (TPSA) is 26.3 Å². The number of ketones is 1. The summed E-state index contributed by atoms with van der Waals surface area (Å²) >= 11 is 0. The van der Waals surface area contributed by atoms with Gasteiger partial charge in [0.1, 0.15) is 5.76 Å². The second-order valence-corrected chi connectivity index (χ2v) is 13.0. The lowest BCUT2D eigenvalue weighted by atomic mass is 9.95. The Morgan fingerprint density at radius 2 is 1.28 bits per heavy atom. The third-order valence-corrected chi connectivity index (χ3v) is 5.70. The second-order valence-electron chi connectivity index (χ2n) is 7.56. The van der Waals surface area contributed by atoms with Gasteiger partial charge in [-0.1, -0.05) is 80.3 Å². The highest BCUT2D eigenvalue weighted by molar-refractivity contribution is 6.77. The van der Waals surface area contributed by atoms with Crippen LogP contribution in [0.3, 0.4) is 0 Å². The van der Waals surface area contributed by atoms with E-state index in [1.807, 2.05) is 60.7 Å². The molecule has 1 aliphatic rings. The third-order valence-electron chi connectivity index (χ3n) is 4.29. The van der Waals surface area contributed by atoms with E-state index in [0.29, 0.717) is 0 Å². The van der Waals surface area contributed by atoms with Gasteiger partial charge in [0.25, 0.3) is 0 Å². The van der Waals surface area contributed by atoms with Crippen LogP contribution in [0.1, 0.15) is 11.1 Å². The van der Waals surface area contributed by atoms with Gasteiger partial charge in [-0.25, -0.2) is 0 Å². The van der Waals surface area contributed by atoms with Gasteiger partial charge >= 0.3 is 0 Å². The van der Waals surface area contributed by atoms with Crippen molar-refractivity contribution in [1.82, 2.24) is 0 Å². The summed E-state index contributed by atoms with van der Waals surface area (Å²) in [4.78, 5) is 13.4. The normalized spacial score (nSPS) is 15.1. The molecule has 2 nitrogen and oxygen atoms in total. The van der Waals surface area contributed by atoms with Crippen LogP contribution < -0.4 is 0 Å². The summed E-state index contributed by atoms with van der Waals surface area (Å²) in [7, 11) is 0.202. The molecular weight excluding hydrogens is 324 g/mol. The van der Waals surface area contributed by atoms with Gasteiger partial charge in [-0.05, 0) is 17.2 Å². The summed E-state index contributed by atoms with van der Waals surface area (Å²) in [5, 5.41) is 0. The summed E-state index contributed by atoms with van der Waals surface area (Å²) in [6.45, 7) is 6.84. The van der Waals surface area contributed by atoms with Crippen molar-refractivity contribution in [1.29, 1.82) is 0 Å². The first-order valence-electron chi connectivity index (χ1n) is 8.59. The molecule has 0 bridgehead atoms. The van der Waals surface area contributed by atoms with Crippen molar-refractivity contribution in [3.63, 3.8) is 0 Å². The van der Waals surface area contributed by atoms with Crippen LogP contribution in [0.4, 0.5) is 0 Å². The standard InChI is InChI=1S/C22H24O2Si/c1-24-22-18(15-25(2,3)4)21(23)19(16-11-7-5-8-12-16)20(22)17-13-9-6-10-14-17/h5-14H,15H2,1-4H3. The molecule has 2 aromatic carbocycles. The van der Waals surface area contributed by atoms with E-state index in [1.54, 1.807) is 7.11 Å². The molecule has 25 heavy (non-hydrogen) atoms. The molecule has 0 amide bonds. The van der Waals surface area contributed by atoms with E-state index in [0.717, 1.165) is 39.6 Å². The van der Waals surface area contributed by atoms with Gasteiger partial charge in [0.15, 0.2) is 5.78 Å². The Balaban J connectivity index is 2.24. The lowest BCUT2D eigenvalue weighted by Crippen LogP contribution is -2.22. The molecule has 1 aliphatic carbocycles. The minimum absolute atomic E-state index is 0.115. The number of hydrogen-bond acceptors (Lipinski definition) is 2. The minimum atomic E-state index is -1.47. The Morgan fingerprint density at radius 3 is 1.72 bits per heavy atom. The molecule has 3 rings (SSSR count). The van der Waals surface area contributed by atoms with E-state index in [2.05, 4.69) is 19.6 Å². The lowest BCUT2D eigenvalue weighted by molar-refractivity contribution is -0.110. The van der Waals surface area contributed by atoms with E-state index in [-0.39, 0.29) is 5.78 Å². The predicted molar refractivity (Wildman–Crippen MR) is 107 cm³/mol. The zero-order valence-corrected chi connectivity index (χ0v) is 16.3. The van der Waals surface area contributed by atoms with Gasteiger partial charge in [-0.15, -0.1) is 0 Å². The fourth-order valence-corrected chi connectivity index (χ4v) is 4.69. The van der Waals surface area contributed by atoms with Crippen LogP contribution in [-0.2, 0) is 9.53 Å². The maximum atomic E-state index is 13.4. The maximum Gasteiger partial charge on any atom is 0.193 e. The molecule has 0 spiro atoms. The highest BCUT2D eigenvalue weighted by Gasteiger charge is 2.36. The Morgan fingerprint density at radius 1 is 0.800 bits per heavy atom. The van der Waals surface area contributed by atoms with Crippen LogP contribution in [0.15, 0.2) is 72.0 Å². The van der Waals surface area contributed by atoms with E-state index in [4.69, 9.17) is 4.74 Å². The molecule has 0 fully saturated rings. The maximum absolute atomic E-state index is 13.4. The summed E-state index contributed by atoms with van der Waals surface area (Å²) in [6.07, 6.45) is 0. The van der Waals surface area contributed by atoms with Gasteiger partial charge in [-0.3, -0.25) is 4.79 Å². The Hall–Kier alpha value is -2.39. The average Bonchev–Trinajstić information content (AvgIpc) is 2.87. The van der Waals surface area contributed by atoms with Crippen LogP contribution in [0.5, 0.6) is 0 Å². The quantitative estimate of drug-likeness (QED) is 0.675. The molecule has 3 heteroatoms. The van der Waals surface area contributed by atoms with Crippen molar-refractivity contribution in [2.75, 3.05) is 7.11 Å². The molecule has 0 atom stereocenters. The molecule has 0 aliphatic heterocycles. The zero-order chi connectivity index (χ0) is 18.0. The molecule has 0 aromatic heterocycles. The number of carbonyl (C=O) groups is 1. The van der Waals surface area contributed by atoms with Gasteiger partial charge in [0, 0.05) is 24.8 Å². The first-order chi connectivity index (χ1) is 11.9. The van der Waals surface area contributed by atoms with Crippen molar-refractivity contribution in [2.24, 2.45) is 0 Å². The lowest BCUT2D eigenvalue weighted by Gasteiger charge is -2.17. The predicted octanol–water partition coefficient (Wildman–Crippen LogP) is 5.42. The summed E-state index contributed by atoms with van der Waals surface area (Å²) < 4.78 is 5.78. The van der Waals surface area contributed by atoms with Crippen molar-refractivity contribution in [3.05, 3.63) is 83.1 Å². The summed E-state index contributed by atoms with van der Waals surface area (Å²) in [5.74, 6) is 0.863. The first-order valence-corrected chi connectivity index (χ1v) is 12.3. The fraction of sp³-hybridized carbons (Fsp3) is 0.227. The molecule has 0 unspecified atom stereocenters. The number of benzene rings is 2. The van der Waals surface area contributed by atoms with Crippen molar-refractivity contribution >= 4 is 25.0 Å². The molecule has 2 aromatic rings. The van der Waals surface area contributed by atoms with E-state index in [1.165, 1.54) is 0 Å². The van der Waals surface area contributed by atoms with Crippen LogP contribution in [0.2, 0.25) is 25.7 Å². The number of Topliss-reactive ketones (excluding diaryl/α,β-unsaturated/α-hetero) is 1. The van der Waals surface area contributed by atoms with E-state index < -0.39 is 8.07 Å². The number of rotatable bonds is 5. The molecule has 0 saturated carbocycles. The van der Waals surface area contributed by atoms with Crippen LogP contribution in [0, 0.1) is 0 Å². The molecule has 0 N–H and O–H groups in total. The summed E-state index contributed by atoms with van der Waals surface area (Å²) in [5.41, 5.74) is 4.49. The van der Waals surface area contributed by atoms with Gasteiger partial charge in [-0.2, -0.15) is 0 Å². The van der Waals surface area contributed by atoms with Crippen LogP contribution >= 0.6 is 0 Å². The van der Waals surface area contributed by atoms with Crippen LogP contribution in [0.25, 0.3) is 11.1 Å².